The van der Waals surface area contributed by atoms with Crippen molar-refractivity contribution in [2.75, 3.05) is 0 Å². The van der Waals surface area contributed by atoms with E-state index in [4.69, 9.17) is 27.9 Å². The average molecular weight is 546 g/mol. The Labute approximate surface area is 217 Å². The fraction of sp³-hybridized carbons (Fsp3) is 0.0435. The van der Waals surface area contributed by atoms with E-state index in [0.717, 1.165) is 34.9 Å². The molecular formula is C23H13Cl2N3O7S. The van der Waals surface area contributed by atoms with Crippen molar-refractivity contribution in [3.63, 3.8) is 0 Å². The van der Waals surface area contributed by atoms with Crippen molar-refractivity contribution in [2.45, 2.75) is 6.54 Å². The maximum atomic E-state index is 13.0. The van der Waals surface area contributed by atoms with E-state index < -0.39 is 32.4 Å². The minimum atomic E-state index is -0.792. The van der Waals surface area contributed by atoms with Gasteiger partial charge in [-0.05, 0) is 47.7 Å². The predicted molar refractivity (Wildman–Crippen MR) is 134 cm³/mol. The summed E-state index contributed by atoms with van der Waals surface area (Å²) in [6.45, 7) is -0.00790. The molecule has 0 unspecified atom stereocenters. The van der Waals surface area contributed by atoms with Crippen LogP contribution < -0.4 is 4.74 Å². The topological polar surface area (TPSA) is 133 Å². The first-order valence-electron chi connectivity index (χ1n) is 10.0. The summed E-state index contributed by atoms with van der Waals surface area (Å²) in [5.74, 6) is -0.614. The number of hydrogen-bond acceptors (Lipinski definition) is 8. The molecule has 13 heteroatoms. The van der Waals surface area contributed by atoms with E-state index in [1.165, 1.54) is 12.1 Å². The monoisotopic (exact) mass is 545 g/mol. The standard InChI is InChI=1S/C23H13Cl2N3O7S/c24-16-7-5-13(9-17(16)25)12-26-22(29)21(36-23(26)30)10-14-3-1-2-4-19(14)35-20-8-6-15(27(31)32)11-18(20)28(33)34/h1-11H,12H2/b21-10-. The Bertz CT molecular complexity index is 1460. The SMILES string of the molecule is O=C1S/C(=C\c2ccccc2Oc2ccc([N+](=O)[O-])cc2[N+](=O)[O-])C(=O)N1Cc1ccc(Cl)c(Cl)c1. The van der Waals surface area contributed by atoms with Crippen LogP contribution >= 0.6 is 35.0 Å². The molecule has 0 bridgehead atoms. The lowest BCUT2D eigenvalue weighted by molar-refractivity contribution is -0.394. The molecule has 0 saturated carbocycles. The number of hydrogen-bond donors (Lipinski definition) is 0. The van der Waals surface area contributed by atoms with Gasteiger partial charge in [0.25, 0.3) is 16.8 Å². The lowest BCUT2D eigenvalue weighted by Gasteiger charge is -2.13. The number of halogens is 2. The van der Waals surface area contributed by atoms with Gasteiger partial charge in [-0.3, -0.25) is 34.7 Å². The molecule has 0 atom stereocenters. The molecule has 0 aromatic heterocycles. The Morgan fingerprint density at radius 3 is 2.36 bits per heavy atom. The fourth-order valence-electron chi connectivity index (χ4n) is 3.26. The minimum Gasteiger partial charge on any atom is -0.449 e. The molecule has 3 aromatic carbocycles. The lowest BCUT2D eigenvalue weighted by Crippen LogP contribution is -2.27. The highest BCUT2D eigenvalue weighted by molar-refractivity contribution is 8.18. The molecule has 1 fully saturated rings. The van der Waals surface area contributed by atoms with Crippen LogP contribution in [-0.4, -0.2) is 25.9 Å². The van der Waals surface area contributed by atoms with E-state index in [1.807, 2.05) is 0 Å². The smallest absolute Gasteiger partial charge is 0.318 e. The van der Waals surface area contributed by atoms with Crippen molar-refractivity contribution in [1.82, 2.24) is 4.90 Å². The van der Waals surface area contributed by atoms with Gasteiger partial charge in [-0.2, -0.15) is 0 Å². The fourth-order valence-corrected chi connectivity index (χ4v) is 4.41. The number of carbonyl (C=O) groups excluding carboxylic acids is 2. The zero-order valence-electron chi connectivity index (χ0n) is 17.9. The second-order valence-electron chi connectivity index (χ2n) is 7.32. The van der Waals surface area contributed by atoms with Gasteiger partial charge >= 0.3 is 5.69 Å². The maximum Gasteiger partial charge on any atom is 0.318 e. The summed E-state index contributed by atoms with van der Waals surface area (Å²) >= 11 is 12.7. The van der Waals surface area contributed by atoms with Gasteiger partial charge in [-0.1, -0.05) is 47.5 Å². The molecule has 10 nitrogen and oxygen atoms in total. The number of nitro groups is 2. The third kappa shape index (κ3) is 5.33. The molecule has 4 rings (SSSR count). The van der Waals surface area contributed by atoms with Gasteiger partial charge in [0, 0.05) is 11.6 Å². The molecule has 1 aliphatic heterocycles. The Balaban J connectivity index is 1.61. The van der Waals surface area contributed by atoms with Crippen LogP contribution in [0.1, 0.15) is 11.1 Å². The zero-order valence-corrected chi connectivity index (χ0v) is 20.2. The van der Waals surface area contributed by atoms with Crippen LogP contribution in [0.4, 0.5) is 16.2 Å². The Morgan fingerprint density at radius 1 is 0.917 bits per heavy atom. The summed E-state index contributed by atoms with van der Waals surface area (Å²) < 4.78 is 5.70. The normalized spacial score (nSPS) is 14.4. The largest absolute Gasteiger partial charge is 0.449 e. The van der Waals surface area contributed by atoms with E-state index in [1.54, 1.807) is 36.4 Å². The van der Waals surface area contributed by atoms with Crippen LogP contribution in [0.5, 0.6) is 11.5 Å². The molecule has 36 heavy (non-hydrogen) atoms. The van der Waals surface area contributed by atoms with Gasteiger partial charge in [0.05, 0.1) is 37.4 Å². The van der Waals surface area contributed by atoms with Crippen molar-refractivity contribution in [3.8, 4) is 11.5 Å². The molecule has 0 aliphatic carbocycles. The van der Waals surface area contributed by atoms with Crippen molar-refractivity contribution in [2.24, 2.45) is 0 Å². The maximum absolute atomic E-state index is 13.0. The molecule has 1 saturated heterocycles. The molecular weight excluding hydrogens is 533 g/mol. The van der Waals surface area contributed by atoms with Gasteiger partial charge in [-0.15, -0.1) is 0 Å². The molecule has 1 heterocycles. The summed E-state index contributed by atoms with van der Waals surface area (Å²) in [4.78, 5) is 47.5. The van der Waals surface area contributed by atoms with Crippen molar-refractivity contribution in [1.29, 1.82) is 0 Å². The molecule has 0 N–H and O–H groups in total. The van der Waals surface area contributed by atoms with Gasteiger partial charge in [0.2, 0.25) is 5.75 Å². The average Bonchev–Trinajstić information content (AvgIpc) is 3.10. The molecule has 1 aliphatic rings. The highest BCUT2D eigenvalue weighted by atomic mass is 35.5. The van der Waals surface area contributed by atoms with Crippen LogP contribution in [0.2, 0.25) is 10.0 Å². The van der Waals surface area contributed by atoms with Crippen molar-refractivity contribution < 1.29 is 24.2 Å². The predicted octanol–water partition coefficient (Wildman–Crippen LogP) is 6.84. The zero-order chi connectivity index (χ0) is 26.0. The van der Waals surface area contributed by atoms with Crippen LogP contribution in [0.3, 0.4) is 0 Å². The second-order valence-corrected chi connectivity index (χ2v) is 9.13. The van der Waals surface area contributed by atoms with Gasteiger partial charge in [0.15, 0.2) is 0 Å². The number of nitrogens with zero attached hydrogens (tertiary/aromatic N) is 3. The summed E-state index contributed by atoms with van der Waals surface area (Å²) in [7, 11) is 0. The first-order valence-corrected chi connectivity index (χ1v) is 11.6. The van der Waals surface area contributed by atoms with Crippen molar-refractivity contribution in [3.05, 3.63) is 107 Å². The molecule has 182 valence electrons. The number of ether oxygens (including phenoxy) is 1. The Kier molecular flexibility index (Phi) is 7.25. The number of para-hydroxylation sites is 1. The van der Waals surface area contributed by atoms with Crippen LogP contribution in [0.15, 0.2) is 65.6 Å². The first-order chi connectivity index (χ1) is 17.1. The van der Waals surface area contributed by atoms with Crippen LogP contribution in [0, 0.1) is 20.2 Å². The summed E-state index contributed by atoms with van der Waals surface area (Å²) in [5.41, 5.74) is -0.0775. The number of imide groups is 1. The van der Waals surface area contributed by atoms with E-state index in [0.29, 0.717) is 21.2 Å². The Hall–Kier alpha value is -3.93. The number of benzene rings is 3. The van der Waals surface area contributed by atoms with Gasteiger partial charge in [-0.25, -0.2) is 0 Å². The van der Waals surface area contributed by atoms with Crippen LogP contribution in [0.25, 0.3) is 6.08 Å². The number of rotatable bonds is 7. The first kappa shape index (κ1) is 25.2. The summed E-state index contributed by atoms with van der Waals surface area (Å²) in [5, 5.41) is 22.6. The van der Waals surface area contributed by atoms with Crippen molar-refractivity contribution >= 4 is 63.6 Å². The van der Waals surface area contributed by atoms with E-state index in [9.17, 15) is 29.8 Å². The number of non-ortho nitro benzene ring substituents is 1. The number of carbonyl (C=O) groups is 2. The number of thioether (sulfide) groups is 1. The summed E-state index contributed by atoms with van der Waals surface area (Å²) in [6.07, 6.45) is 1.44. The second kappa shape index (κ2) is 10.4. The Morgan fingerprint density at radius 2 is 1.67 bits per heavy atom. The van der Waals surface area contributed by atoms with Gasteiger partial charge in [0.1, 0.15) is 5.75 Å². The van der Waals surface area contributed by atoms with E-state index in [2.05, 4.69) is 0 Å². The molecule has 0 spiro atoms. The number of amides is 2. The van der Waals surface area contributed by atoms with E-state index >= 15 is 0 Å². The third-order valence-electron chi connectivity index (χ3n) is 4.97. The molecule has 3 aromatic rings. The quantitative estimate of drug-likeness (QED) is 0.179. The third-order valence-corrected chi connectivity index (χ3v) is 6.62. The van der Waals surface area contributed by atoms with E-state index in [-0.39, 0.29) is 22.9 Å². The highest BCUT2D eigenvalue weighted by Gasteiger charge is 2.35. The van der Waals surface area contributed by atoms with Crippen LogP contribution in [-0.2, 0) is 11.3 Å². The number of nitro benzene ring substituents is 2. The molecule has 2 amide bonds. The molecule has 0 radical (unpaired) electrons. The minimum absolute atomic E-state index is 0.00790. The van der Waals surface area contributed by atoms with Gasteiger partial charge < -0.3 is 4.74 Å². The summed E-state index contributed by atoms with van der Waals surface area (Å²) in [6, 6.07) is 14.2. The highest BCUT2D eigenvalue weighted by Crippen LogP contribution is 2.38. The lowest BCUT2D eigenvalue weighted by atomic mass is 10.1.